The fourth-order valence-corrected chi connectivity index (χ4v) is 2.49. The van der Waals surface area contributed by atoms with Crippen LogP contribution in [0.4, 0.5) is 0 Å². The maximum absolute atomic E-state index is 3.60. The number of hydrogen-bond acceptors (Lipinski definition) is 2. The zero-order chi connectivity index (χ0) is 11.1. The summed E-state index contributed by atoms with van der Waals surface area (Å²) in [5, 5.41) is 3.60. The standard InChI is InChI=1S/C13H27NS/c1-13(2,15-3)11-14-10-9-12-7-5-4-6-8-12/h12,14H,4-11H2,1-3H3. The molecular formula is C13H27NS. The third-order valence-corrected chi connectivity index (χ3v) is 4.81. The first-order valence-electron chi connectivity index (χ1n) is 6.40. The lowest BCUT2D eigenvalue weighted by Gasteiger charge is -2.25. The molecule has 0 amide bonds. The zero-order valence-electron chi connectivity index (χ0n) is 10.6. The van der Waals surface area contributed by atoms with Gasteiger partial charge in [-0.25, -0.2) is 0 Å². The number of hydrogen-bond donors (Lipinski definition) is 1. The maximum atomic E-state index is 3.60. The first kappa shape index (κ1) is 13.4. The average molecular weight is 229 g/mol. The van der Waals surface area contributed by atoms with Gasteiger partial charge in [-0.1, -0.05) is 32.1 Å². The van der Waals surface area contributed by atoms with Crippen molar-refractivity contribution in [3.63, 3.8) is 0 Å². The molecule has 0 saturated heterocycles. The van der Waals surface area contributed by atoms with Crippen LogP contribution in [0.25, 0.3) is 0 Å². The van der Waals surface area contributed by atoms with Crippen LogP contribution >= 0.6 is 11.8 Å². The van der Waals surface area contributed by atoms with Gasteiger partial charge in [0.1, 0.15) is 0 Å². The van der Waals surface area contributed by atoms with Gasteiger partial charge in [0.25, 0.3) is 0 Å². The lowest BCUT2D eigenvalue weighted by atomic mass is 9.87. The molecule has 1 N–H and O–H groups in total. The number of rotatable bonds is 6. The van der Waals surface area contributed by atoms with Crippen LogP contribution in [0.1, 0.15) is 52.4 Å². The van der Waals surface area contributed by atoms with Crippen molar-refractivity contribution in [3.05, 3.63) is 0 Å². The summed E-state index contributed by atoms with van der Waals surface area (Å²) in [5.74, 6) is 1.02. The molecule has 1 fully saturated rings. The van der Waals surface area contributed by atoms with Crippen molar-refractivity contribution in [2.24, 2.45) is 5.92 Å². The average Bonchev–Trinajstić information content (AvgIpc) is 2.26. The van der Waals surface area contributed by atoms with Crippen LogP contribution in [0.15, 0.2) is 0 Å². The minimum absolute atomic E-state index is 0.395. The molecule has 90 valence electrons. The summed E-state index contributed by atoms with van der Waals surface area (Å²) in [7, 11) is 0. The second-order valence-electron chi connectivity index (χ2n) is 5.43. The predicted octanol–water partition coefficient (Wildman–Crippen LogP) is 3.69. The van der Waals surface area contributed by atoms with Gasteiger partial charge in [0.05, 0.1) is 0 Å². The number of nitrogens with one attached hydrogen (secondary N) is 1. The van der Waals surface area contributed by atoms with Crippen LogP contribution in [0, 0.1) is 5.92 Å². The fraction of sp³-hybridized carbons (Fsp3) is 1.00. The van der Waals surface area contributed by atoms with Crippen molar-refractivity contribution in [2.45, 2.75) is 57.1 Å². The van der Waals surface area contributed by atoms with Crippen molar-refractivity contribution in [3.8, 4) is 0 Å². The molecule has 0 atom stereocenters. The topological polar surface area (TPSA) is 12.0 Å². The molecule has 0 bridgehead atoms. The van der Waals surface area contributed by atoms with Crippen molar-refractivity contribution < 1.29 is 0 Å². The summed E-state index contributed by atoms with van der Waals surface area (Å²) in [6.07, 6.45) is 11.0. The van der Waals surface area contributed by atoms with E-state index in [2.05, 4.69) is 25.4 Å². The van der Waals surface area contributed by atoms with Gasteiger partial charge in [-0.2, -0.15) is 11.8 Å². The molecule has 1 rings (SSSR count). The fourth-order valence-electron chi connectivity index (χ4n) is 2.24. The van der Waals surface area contributed by atoms with Gasteiger partial charge in [-0.05, 0) is 39.0 Å². The summed E-state index contributed by atoms with van der Waals surface area (Å²) in [6, 6.07) is 0. The Morgan fingerprint density at radius 1 is 1.20 bits per heavy atom. The van der Waals surface area contributed by atoms with Gasteiger partial charge in [0.2, 0.25) is 0 Å². The Morgan fingerprint density at radius 2 is 1.87 bits per heavy atom. The zero-order valence-corrected chi connectivity index (χ0v) is 11.5. The Kier molecular flexibility index (Phi) is 6.06. The van der Waals surface area contributed by atoms with Gasteiger partial charge in [0.15, 0.2) is 0 Å². The van der Waals surface area contributed by atoms with Crippen LogP contribution in [0.5, 0.6) is 0 Å². The van der Waals surface area contributed by atoms with E-state index in [1.165, 1.54) is 45.1 Å². The van der Waals surface area contributed by atoms with Crippen LogP contribution in [-0.4, -0.2) is 24.1 Å². The molecule has 2 heteroatoms. The van der Waals surface area contributed by atoms with E-state index in [1.54, 1.807) is 0 Å². The quantitative estimate of drug-likeness (QED) is 0.697. The van der Waals surface area contributed by atoms with Gasteiger partial charge in [-0.3, -0.25) is 0 Å². The molecule has 0 heterocycles. The smallest absolute Gasteiger partial charge is 0.0225 e. The van der Waals surface area contributed by atoms with Crippen LogP contribution in [-0.2, 0) is 0 Å². The second kappa shape index (κ2) is 6.80. The molecule has 1 saturated carbocycles. The Bertz CT molecular complexity index is 162. The van der Waals surface area contributed by atoms with E-state index in [0.29, 0.717) is 4.75 Å². The van der Waals surface area contributed by atoms with Crippen LogP contribution in [0.2, 0.25) is 0 Å². The predicted molar refractivity (Wildman–Crippen MR) is 71.7 cm³/mol. The highest BCUT2D eigenvalue weighted by molar-refractivity contribution is 7.99. The van der Waals surface area contributed by atoms with Gasteiger partial charge in [-0.15, -0.1) is 0 Å². The molecular weight excluding hydrogens is 202 g/mol. The molecule has 0 aromatic heterocycles. The van der Waals surface area contributed by atoms with E-state index in [9.17, 15) is 0 Å². The van der Waals surface area contributed by atoms with E-state index >= 15 is 0 Å². The van der Waals surface area contributed by atoms with Crippen LogP contribution in [0.3, 0.4) is 0 Å². The van der Waals surface area contributed by atoms with Gasteiger partial charge >= 0.3 is 0 Å². The van der Waals surface area contributed by atoms with Crippen molar-refractivity contribution in [1.82, 2.24) is 5.32 Å². The molecule has 0 unspecified atom stereocenters. The van der Waals surface area contributed by atoms with Crippen molar-refractivity contribution >= 4 is 11.8 Å². The largest absolute Gasteiger partial charge is 0.315 e. The molecule has 0 radical (unpaired) electrons. The summed E-state index contributed by atoms with van der Waals surface area (Å²) in [5.41, 5.74) is 0. The van der Waals surface area contributed by atoms with E-state index in [0.717, 1.165) is 12.5 Å². The summed E-state index contributed by atoms with van der Waals surface area (Å²) in [6.45, 7) is 6.98. The maximum Gasteiger partial charge on any atom is 0.0225 e. The third-order valence-electron chi connectivity index (χ3n) is 3.56. The highest BCUT2D eigenvalue weighted by Gasteiger charge is 2.16. The minimum Gasteiger partial charge on any atom is -0.315 e. The molecule has 15 heavy (non-hydrogen) atoms. The van der Waals surface area contributed by atoms with Crippen molar-refractivity contribution in [1.29, 1.82) is 0 Å². The van der Waals surface area contributed by atoms with Crippen LogP contribution < -0.4 is 5.32 Å². The third kappa shape index (κ3) is 5.82. The number of thioether (sulfide) groups is 1. The highest BCUT2D eigenvalue weighted by Crippen LogP contribution is 2.26. The Balaban J connectivity index is 2.00. The lowest BCUT2D eigenvalue weighted by Crippen LogP contribution is -2.33. The van der Waals surface area contributed by atoms with E-state index in [1.807, 2.05) is 11.8 Å². The van der Waals surface area contributed by atoms with E-state index in [-0.39, 0.29) is 0 Å². The summed E-state index contributed by atoms with van der Waals surface area (Å²) < 4.78 is 0.395. The molecule has 0 aromatic carbocycles. The van der Waals surface area contributed by atoms with Crippen molar-refractivity contribution in [2.75, 3.05) is 19.3 Å². The van der Waals surface area contributed by atoms with Gasteiger partial charge < -0.3 is 5.32 Å². The second-order valence-corrected chi connectivity index (χ2v) is 6.95. The highest BCUT2D eigenvalue weighted by atomic mass is 32.2. The first-order valence-corrected chi connectivity index (χ1v) is 7.62. The Hall–Kier alpha value is 0.310. The minimum atomic E-state index is 0.395. The van der Waals surface area contributed by atoms with E-state index in [4.69, 9.17) is 0 Å². The molecule has 0 aliphatic heterocycles. The molecule has 1 aliphatic carbocycles. The summed E-state index contributed by atoms with van der Waals surface area (Å²) >= 11 is 1.95. The van der Waals surface area contributed by atoms with E-state index < -0.39 is 0 Å². The molecule has 0 aromatic rings. The molecule has 1 aliphatic rings. The molecule has 0 spiro atoms. The first-order chi connectivity index (χ1) is 7.14. The molecule has 1 nitrogen and oxygen atoms in total. The Labute approximate surface area is 99.8 Å². The normalized spacial score (nSPS) is 19.4. The van der Waals surface area contributed by atoms with Gasteiger partial charge in [0, 0.05) is 11.3 Å². The summed E-state index contributed by atoms with van der Waals surface area (Å²) in [4.78, 5) is 0. The Morgan fingerprint density at radius 3 is 2.47 bits per heavy atom. The lowest BCUT2D eigenvalue weighted by molar-refractivity contribution is 0.333. The SMILES string of the molecule is CSC(C)(C)CNCCC1CCCCC1. The monoisotopic (exact) mass is 229 g/mol.